The Hall–Kier alpha value is -0.830. The minimum atomic E-state index is -0.975. The fourth-order valence-electron chi connectivity index (χ4n) is 1.56. The highest BCUT2D eigenvalue weighted by atomic mass is 32.2. The summed E-state index contributed by atoms with van der Waals surface area (Å²) in [7, 11) is -0.975. The second-order valence-corrected chi connectivity index (χ2v) is 5.72. The first-order valence-corrected chi connectivity index (χ1v) is 6.54. The summed E-state index contributed by atoms with van der Waals surface area (Å²) in [4.78, 5) is 0.788. The van der Waals surface area contributed by atoms with Gasteiger partial charge in [0.2, 0.25) is 0 Å². The molecule has 0 aliphatic heterocycles. The van der Waals surface area contributed by atoms with Crippen molar-refractivity contribution < 1.29 is 4.21 Å². The maximum absolute atomic E-state index is 12.1. The van der Waals surface area contributed by atoms with Gasteiger partial charge in [-0.1, -0.05) is 32.4 Å². The summed E-state index contributed by atoms with van der Waals surface area (Å²) in [5.74, 6) is 0. The standard InChI is InChI=1S/C12H19NOS/c1-4-6-10(3)15(14)11-8-5-7-9(2)12(11)13/h5,7-8,10H,4,6,13H2,1-3H3. The first-order valence-electron chi connectivity index (χ1n) is 5.33. The number of aryl methyl sites for hydroxylation is 1. The second-order valence-electron chi connectivity index (χ2n) is 3.88. The highest BCUT2D eigenvalue weighted by molar-refractivity contribution is 7.85. The SMILES string of the molecule is CCCC(C)S(=O)c1cccc(C)c1N. The van der Waals surface area contributed by atoms with Crippen molar-refractivity contribution in [2.45, 2.75) is 43.8 Å². The maximum atomic E-state index is 12.1. The molecular formula is C12H19NOS. The Kier molecular flexibility index (Phi) is 4.33. The van der Waals surface area contributed by atoms with Crippen LogP contribution in [0.1, 0.15) is 32.3 Å². The first kappa shape index (κ1) is 12.2. The van der Waals surface area contributed by atoms with Gasteiger partial charge >= 0.3 is 0 Å². The quantitative estimate of drug-likeness (QED) is 0.801. The van der Waals surface area contributed by atoms with Gasteiger partial charge in [-0.3, -0.25) is 4.21 Å². The molecule has 0 saturated carbocycles. The fraction of sp³-hybridized carbons (Fsp3) is 0.500. The van der Waals surface area contributed by atoms with Crippen LogP contribution in [0.5, 0.6) is 0 Å². The number of anilines is 1. The Morgan fingerprint density at radius 3 is 2.73 bits per heavy atom. The summed E-state index contributed by atoms with van der Waals surface area (Å²) in [6.45, 7) is 6.06. The highest BCUT2D eigenvalue weighted by Gasteiger charge is 2.15. The molecule has 0 aliphatic rings. The Morgan fingerprint density at radius 1 is 1.47 bits per heavy atom. The van der Waals surface area contributed by atoms with E-state index in [4.69, 9.17) is 5.73 Å². The zero-order chi connectivity index (χ0) is 11.4. The number of nitrogen functional groups attached to an aromatic ring is 1. The number of nitrogens with two attached hydrogens (primary N) is 1. The van der Waals surface area contributed by atoms with Gasteiger partial charge in [-0.2, -0.15) is 0 Å². The van der Waals surface area contributed by atoms with Crippen LogP contribution in [0.3, 0.4) is 0 Å². The average Bonchev–Trinajstić information content (AvgIpc) is 2.21. The Balaban J connectivity index is 2.96. The molecule has 0 amide bonds. The zero-order valence-electron chi connectivity index (χ0n) is 9.62. The number of hydrogen-bond acceptors (Lipinski definition) is 2. The smallest absolute Gasteiger partial charge is 0.0622 e. The minimum Gasteiger partial charge on any atom is -0.398 e. The van der Waals surface area contributed by atoms with E-state index in [1.165, 1.54) is 0 Å². The third-order valence-electron chi connectivity index (χ3n) is 2.56. The van der Waals surface area contributed by atoms with E-state index in [-0.39, 0.29) is 5.25 Å². The number of para-hydroxylation sites is 1. The monoisotopic (exact) mass is 225 g/mol. The molecule has 0 fully saturated rings. The van der Waals surface area contributed by atoms with Crippen LogP contribution in [0.25, 0.3) is 0 Å². The lowest BCUT2D eigenvalue weighted by Crippen LogP contribution is -2.12. The normalized spacial score (nSPS) is 14.9. The molecule has 2 unspecified atom stereocenters. The summed E-state index contributed by atoms with van der Waals surface area (Å²) in [6.07, 6.45) is 2.03. The fourth-order valence-corrected chi connectivity index (χ4v) is 3.03. The van der Waals surface area contributed by atoms with E-state index < -0.39 is 10.8 Å². The van der Waals surface area contributed by atoms with Crippen molar-refractivity contribution in [2.24, 2.45) is 0 Å². The molecule has 2 N–H and O–H groups in total. The third kappa shape index (κ3) is 2.81. The lowest BCUT2D eigenvalue weighted by Gasteiger charge is -2.13. The summed E-state index contributed by atoms with van der Waals surface area (Å²) < 4.78 is 12.1. The summed E-state index contributed by atoms with van der Waals surface area (Å²) in [6, 6.07) is 5.72. The summed E-state index contributed by atoms with van der Waals surface area (Å²) in [5.41, 5.74) is 7.61. The topological polar surface area (TPSA) is 43.1 Å². The lowest BCUT2D eigenvalue weighted by atomic mass is 10.2. The number of hydrogen-bond donors (Lipinski definition) is 1. The lowest BCUT2D eigenvalue weighted by molar-refractivity contribution is 0.662. The van der Waals surface area contributed by atoms with Crippen molar-refractivity contribution in [1.29, 1.82) is 0 Å². The van der Waals surface area contributed by atoms with Gasteiger partial charge in [0, 0.05) is 5.25 Å². The molecule has 0 radical (unpaired) electrons. The van der Waals surface area contributed by atoms with Gasteiger partial charge in [-0.15, -0.1) is 0 Å². The molecule has 0 aromatic heterocycles. The number of benzene rings is 1. The Labute approximate surface area is 94.3 Å². The molecule has 1 rings (SSSR count). The second kappa shape index (κ2) is 5.31. The van der Waals surface area contributed by atoms with E-state index in [1.54, 1.807) is 0 Å². The van der Waals surface area contributed by atoms with Crippen LogP contribution in [0.15, 0.2) is 23.1 Å². The van der Waals surface area contributed by atoms with E-state index in [0.717, 1.165) is 23.3 Å². The van der Waals surface area contributed by atoms with Crippen LogP contribution in [0, 0.1) is 6.92 Å². The van der Waals surface area contributed by atoms with Gasteiger partial charge in [0.25, 0.3) is 0 Å². The van der Waals surface area contributed by atoms with Gasteiger partial charge < -0.3 is 5.73 Å². The molecule has 2 atom stereocenters. The average molecular weight is 225 g/mol. The third-order valence-corrected chi connectivity index (χ3v) is 4.32. The molecule has 0 saturated heterocycles. The molecule has 1 aromatic carbocycles. The summed E-state index contributed by atoms with van der Waals surface area (Å²) >= 11 is 0. The van der Waals surface area contributed by atoms with Gasteiger partial charge in [-0.25, -0.2) is 0 Å². The van der Waals surface area contributed by atoms with Crippen LogP contribution < -0.4 is 5.73 Å². The van der Waals surface area contributed by atoms with Crippen molar-refractivity contribution in [2.75, 3.05) is 5.73 Å². The van der Waals surface area contributed by atoms with Crippen LogP contribution in [0.2, 0.25) is 0 Å². The molecule has 2 nitrogen and oxygen atoms in total. The molecule has 0 aliphatic carbocycles. The highest BCUT2D eigenvalue weighted by Crippen LogP contribution is 2.23. The Morgan fingerprint density at radius 2 is 2.13 bits per heavy atom. The molecule has 15 heavy (non-hydrogen) atoms. The van der Waals surface area contributed by atoms with E-state index in [0.29, 0.717) is 5.69 Å². The molecule has 0 heterocycles. The van der Waals surface area contributed by atoms with Crippen molar-refractivity contribution in [3.63, 3.8) is 0 Å². The van der Waals surface area contributed by atoms with Crippen LogP contribution in [-0.2, 0) is 10.8 Å². The van der Waals surface area contributed by atoms with Crippen molar-refractivity contribution >= 4 is 16.5 Å². The van der Waals surface area contributed by atoms with Gasteiger partial charge in [0.05, 0.1) is 21.4 Å². The molecule has 0 bridgehead atoms. The number of rotatable bonds is 4. The van der Waals surface area contributed by atoms with Crippen molar-refractivity contribution in [3.05, 3.63) is 23.8 Å². The Bertz CT molecular complexity index is 363. The molecule has 3 heteroatoms. The molecule has 0 spiro atoms. The molecule has 1 aromatic rings. The van der Waals surface area contributed by atoms with E-state index in [9.17, 15) is 4.21 Å². The first-order chi connectivity index (χ1) is 7.07. The summed E-state index contributed by atoms with van der Waals surface area (Å²) in [5, 5.41) is 0.180. The molecule has 84 valence electrons. The van der Waals surface area contributed by atoms with Crippen LogP contribution in [0.4, 0.5) is 5.69 Å². The minimum absolute atomic E-state index is 0.180. The van der Waals surface area contributed by atoms with E-state index >= 15 is 0 Å². The van der Waals surface area contributed by atoms with Gasteiger partial charge in [0.15, 0.2) is 0 Å². The maximum Gasteiger partial charge on any atom is 0.0622 e. The van der Waals surface area contributed by atoms with Crippen LogP contribution in [-0.4, -0.2) is 9.46 Å². The van der Waals surface area contributed by atoms with E-state index in [1.807, 2.05) is 32.0 Å². The van der Waals surface area contributed by atoms with Crippen LogP contribution >= 0.6 is 0 Å². The van der Waals surface area contributed by atoms with Crippen molar-refractivity contribution in [3.8, 4) is 0 Å². The predicted octanol–water partition coefficient (Wildman–Crippen LogP) is 2.87. The van der Waals surface area contributed by atoms with E-state index in [2.05, 4.69) is 6.92 Å². The largest absolute Gasteiger partial charge is 0.398 e. The van der Waals surface area contributed by atoms with Gasteiger partial charge in [0.1, 0.15) is 0 Å². The van der Waals surface area contributed by atoms with Crippen molar-refractivity contribution in [1.82, 2.24) is 0 Å². The molecular weight excluding hydrogens is 206 g/mol. The zero-order valence-corrected chi connectivity index (χ0v) is 10.4. The predicted molar refractivity (Wildman–Crippen MR) is 66.4 cm³/mol. The van der Waals surface area contributed by atoms with Gasteiger partial charge in [-0.05, 0) is 25.0 Å².